The van der Waals surface area contributed by atoms with Crippen LogP contribution in [0, 0.1) is 29.2 Å². The van der Waals surface area contributed by atoms with Gasteiger partial charge in [-0.05, 0) is 58.9 Å². The summed E-state index contributed by atoms with van der Waals surface area (Å²) >= 11 is 0. The SMILES string of the molecule is [C-]#[N+]C(C#N)C1C=C(CCc2cc3c4c(c2)C(C)(C)CCN4CCC3(C)C)OC(C(C)(C)C)=C1. The molecule has 4 heteroatoms. The quantitative estimate of drug-likeness (QED) is 0.454. The van der Waals surface area contributed by atoms with E-state index in [2.05, 4.69) is 76.4 Å². The fraction of sp³-hybridized carbons (Fsp3) is 0.600. The van der Waals surface area contributed by atoms with E-state index in [-0.39, 0.29) is 22.2 Å². The first-order valence-corrected chi connectivity index (χ1v) is 12.7. The number of ether oxygens (including phenoxy) is 1. The maximum absolute atomic E-state index is 9.49. The molecule has 0 N–H and O–H groups in total. The molecule has 0 saturated heterocycles. The van der Waals surface area contributed by atoms with E-state index in [0.717, 1.165) is 37.4 Å². The third-order valence-corrected chi connectivity index (χ3v) is 7.96. The zero-order chi connectivity index (χ0) is 24.9. The van der Waals surface area contributed by atoms with Gasteiger partial charge in [-0.25, -0.2) is 6.57 Å². The third-order valence-electron chi connectivity index (χ3n) is 7.96. The smallest absolute Gasteiger partial charge is 0.316 e. The topological polar surface area (TPSA) is 40.6 Å². The van der Waals surface area contributed by atoms with Crippen molar-refractivity contribution in [1.82, 2.24) is 0 Å². The van der Waals surface area contributed by atoms with Gasteiger partial charge < -0.3 is 9.64 Å². The number of aryl methyl sites for hydroxylation is 1. The molecule has 0 amide bonds. The molecule has 0 aromatic heterocycles. The molecule has 0 aliphatic carbocycles. The predicted octanol–water partition coefficient (Wildman–Crippen LogP) is 7.06. The highest BCUT2D eigenvalue weighted by atomic mass is 16.5. The van der Waals surface area contributed by atoms with Crippen LogP contribution in [0.5, 0.6) is 0 Å². The molecule has 1 aromatic carbocycles. The van der Waals surface area contributed by atoms with Crippen molar-refractivity contribution in [3.8, 4) is 6.07 Å². The summed E-state index contributed by atoms with van der Waals surface area (Å²) in [7, 11) is 0. The van der Waals surface area contributed by atoms with Crippen LogP contribution in [-0.4, -0.2) is 19.1 Å². The van der Waals surface area contributed by atoms with E-state index in [1.54, 1.807) is 0 Å². The first-order chi connectivity index (χ1) is 15.9. The molecular formula is C30H39N3O. The van der Waals surface area contributed by atoms with E-state index < -0.39 is 6.04 Å². The van der Waals surface area contributed by atoms with Gasteiger partial charge in [-0.1, -0.05) is 60.6 Å². The van der Waals surface area contributed by atoms with Crippen molar-refractivity contribution >= 4 is 5.69 Å². The molecule has 0 radical (unpaired) electrons. The molecular weight excluding hydrogens is 418 g/mol. The monoisotopic (exact) mass is 457 g/mol. The average Bonchev–Trinajstić information content (AvgIpc) is 2.76. The van der Waals surface area contributed by atoms with E-state index in [1.165, 1.54) is 35.2 Å². The van der Waals surface area contributed by atoms with Crippen LogP contribution in [0.2, 0.25) is 0 Å². The summed E-state index contributed by atoms with van der Waals surface area (Å²) in [6.45, 7) is 25.6. The first-order valence-electron chi connectivity index (χ1n) is 12.7. The lowest BCUT2D eigenvalue weighted by Gasteiger charge is -2.48. The van der Waals surface area contributed by atoms with Gasteiger partial charge in [0.25, 0.3) is 0 Å². The molecule has 4 rings (SSSR count). The summed E-state index contributed by atoms with van der Waals surface area (Å²) < 4.78 is 6.32. The van der Waals surface area contributed by atoms with Crippen LogP contribution in [0.4, 0.5) is 5.69 Å². The van der Waals surface area contributed by atoms with Gasteiger partial charge in [-0.2, -0.15) is 5.26 Å². The molecule has 3 heterocycles. The summed E-state index contributed by atoms with van der Waals surface area (Å²) in [4.78, 5) is 6.16. The molecule has 2 unspecified atom stereocenters. The summed E-state index contributed by atoms with van der Waals surface area (Å²) in [5.41, 5.74) is 5.99. The normalized spacial score (nSPS) is 23.4. The molecule has 0 saturated carbocycles. The van der Waals surface area contributed by atoms with Crippen molar-refractivity contribution in [3.05, 3.63) is 63.9 Å². The Bertz CT molecular complexity index is 1060. The average molecular weight is 458 g/mol. The molecule has 180 valence electrons. The van der Waals surface area contributed by atoms with Crippen molar-refractivity contribution in [2.24, 2.45) is 11.3 Å². The number of anilines is 1. The Balaban J connectivity index is 1.65. The van der Waals surface area contributed by atoms with Gasteiger partial charge in [-0.15, -0.1) is 0 Å². The summed E-state index contributed by atoms with van der Waals surface area (Å²) in [5, 5.41) is 9.49. The number of hydrogen-bond acceptors (Lipinski definition) is 3. The van der Waals surface area contributed by atoms with Gasteiger partial charge in [0.1, 0.15) is 11.5 Å². The summed E-state index contributed by atoms with van der Waals surface area (Å²) in [6, 6.07) is 6.32. The Kier molecular flexibility index (Phi) is 6.10. The Hall–Kier alpha value is -2.72. The minimum absolute atomic E-state index is 0.173. The second-order valence-electron chi connectivity index (χ2n) is 12.6. The van der Waals surface area contributed by atoms with E-state index in [9.17, 15) is 5.26 Å². The first kappa shape index (κ1) is 24.4. The van der Waals surface area contributed by atoms with Crippen molar-refractivity contribution in [3.63, 3.8) is 0 Å². The number of nitrogens with zero attached hydrogens (tertiary/aromatic N) is 3. The van der Waals surface area contributed by atoms with Crippen molar-refractivity contribution in [2.45, 2.75) is 91.0 Å². The molecule has 0 bridgehead atoms. The van der Waals surface area contributed by atoms with Crippen LogP contribution in [0.1, 0.15) is 84.4 Å². The number of benzene rings is 1. The minimum atomic E-state index is -0.711. The van der Waals surface area contributed by atoms with Crippen molar-refractivity contribution in [2.75, 3.05) is 18.0 Å². The van der Waals surface area contributed by atoms with Gasteiger partial charge in [0.2, 0.25) is 0 Å². The van der Waals surface area contributed by atoms with E-state index >= 15 is 0 Å². The number of allylic oxidation sites excluding steroid dienone is 2. The van der Waals surface area contributed by atoms with Crippen molar-refractivity contribution < 1.29 is 4.74 Å². The van der Waals surface area contributed by atoms with Crippen LogP contribution in [0.3, 0.4) is 0 Å². The highest BCUT2D eigenvalue weighted by Gasteiger charge is 2.40. The molecule has 1 aromatic rings. The Morgan fingerprint density at radius 1 is 1.09 bits per heavy atom. The highest BCUT2D eigenvalue weighted by molar-refractivity contribution is 5.68. The van der Waals surface area contributed by atoms with Gasteiger partial charge in [-0.3, -0.25) is 4.85 Å². The third kappa shape index (κ3) is 4.48. The fourth-order valence-electron chi connectivity index (χ4n) is 5.48. The van der Waals surface area contributed by atoms with Crippen LogP contribution in [0.15, 0.2) is 35.8 Å². The molecule has 0 fully saturated rings. The zero-order valence-corrected chi connectivity index (χ0v) is 22.0. The summed E-state index contributed by atoms with van der Waals surface area (Å²) in [6.07, 6.45) is 7.99. The zero-order valence-electron chi connectivity index (χ0n) is 22.0. The molecule has 0 spiro atoms. The summed E-state index contributed by atoms with van der Waals surface area (Å²) in [5.74, 6) is 1.52. The minimum Gasteiger partial charge on any atom is -0.466 e. The lowest BCUT2D eigenvalue weighted by atomic mass is 9.69. The largest absolute Gasteiger partial charge is 0.466 e. The second kappa shape index (κ2) is 8.49. The lowest BCUT2D eigenvalue weighted by Crippen LogP contribution is -2.44. The van der Waals surface area contributed by atoms with Gasteiger partial charge in [0.15, 0.2) is 6.07 Å². The Morgan fingerprint density at radius 3 is 2.18 bits per heavy atom. The molecule has 4 nitrogen and oxygen atoms in total. The number of rotatable bonds is 4. The van der Waals surface area contributed by atoms with E-state index in [0.29, 0.717) is 0 Å². The van der Waals surface area contributed by atoms with E-state index in [4.69, 9.17) is 11.3 Å². The predicted molar refractivity (Wildman–Crippen MR) is 138 cm³/mol. The van der Waals surface area contributed by atoms with Crippen LogP contribution < -0.4 is 4.90 Å². The van der Waals surface area contributed by atoms with Crippen LogP contribution in [0.25, 0.3) is 4.85 Å². The number of hydrogen-bond donors (Lipinski definition) is 0. The Labute approximate surface area is 206 Å². The second-order valence-corrected chi connectivity index (χ2v) is 12.6. The number of nitriles is 1. The lowest BCUT2D eigenvalue weighted by molar-refractivity contribution is 0.196. The maximum Gasteiger partial charge on any atom is 0.316 e. The fourth-order valence-corrected chi connectivity index (χ4v) is 5.48. The van der Waals surface area contributed by atoms with Crippen molar-refractivity contribution in [1.29, 1.82) is 5.26 Å². The molecule has 2 atom stereocenters. The maximum atomic E-state index is 9.49. The molecule has 3 aliphatic rings. The molecule has 34 heavy (non-hydrogen) atoms. The van der Waals surface area contributed by atoms with Crippen LogP contribution in [-0.2, 0) is 22.0 Å². The Morgan fingerprint density at radius 2 is 1.68 bits per heavy atom. The van der Waals surface area contributed by atoms with Gasteiger partial charge >= 0.3 is 6.04 Å². The van der Waals surface area contributed by atoms with Gasteiger partial charge in [0.05, 0.1) is 5.92 Å². The standard InChI is InChI=1S/C30H39N3O/c1-28(2,3)26-18-21(25(19-31)32-8)17-22(34-26)10-9-20-15-23-27-24(16-20)30(6,7)12-14-33(27)13-11-29(23,4)5/h15-18,21,25H,9-14H2,1-7H3. The highest BCUT2D eigenvalue weighted by Crippen LogP contribution is 2.49. The van der Waals surface area contributed by atoms with E-state index in [1.807, 2.05) is 12.2 Å². The van der Waals surface area contributed by atoms with Crippen LogP contribution >= 0.6 is 0 Å². The molecule has 3 aliphatic heterocycles. The van der Waals surface area contributed by atoms with Gasteiger partial charge in [0, 0.05) is 30.6 Å².